The molecule has 1 aliphatic heterocycles. The van der Waals surface area contributed by atoms with Gasteiger partial charge in [0, 0.05) is 23.5 Å². The van der Waals surface area contributed by atoms with Crippen LogP contribution < -0.4 is 5.32 Å². The fourth-order valence-electron chi connectivity index (χ4n) is 5.94. The average Bonchev–Trinajstić information content (AvgIpc) is 2.73. The summed E-state index contributed by atoms with van der Waals surface area (Å²) in [5.74, 6) is 2.17. The Labute approximate surface area is 204 Å². The topological polar surface area (TPSA) is 36.8 Å². The molecular formula is C24H42Cl2FFeN3. The van der Waals surface area contributed by atoms with Gasteiger partial charge in [-0.15, -0.1) is 0 Å². The van der Waals surface area contributed by atoms with Crippen LogP contribution in [0.3, 0.4) is 0 Å². The van der Waals surface area contributed by atoms with Crippen molar-refractivity contribution in [1.82, 2.24) is 5.32 Å². The summed E-state index contributed by atoms with van der Waals surface area (Å²) in [5.41, 5.74) is 2.36. The molecule has 3 aliphatic rings. The van der Waals surface area contributed by atoms with Crippen molar-refractivity contribution in [1.29, 1.82) is 0 Å². The number of alkyl halides is 1. The van der Waals surface area contributed by atoms with E-state index in [1.165, 1.54) is 25.0 Å². The van der Waals surface area contributed by atoms with E-state index < -0.39 is 6.17 Å². The number of nitrogens with one attached hydrogen (secondary N) is 1. The standard InChI is InChI=1S/C24H42FN3.2ClH.Fe/c1-15-13-16(2)24(17(3)14-15)27-19(5)22-12-8-11-21(28-22)18(4)26-23-10-7-6-9-20(23)25;;;/h15-17,20-24,28H,6-14H2,1-5H3;2*1H;/q;;;+2/p-2. The minimum atomic E-state index is -0.747. The maximum absolute atomic E-state index is 14.2. The van der Waals surface area contributed by atoms with Gasteiger partial charge in [0.15, 0.2) is 0 Å². The predicted octanol–water partition coefficient (Wildman–Crippen LogP) is 7.15. The van der Waals surface area contributed by atoms with E-state index in [0.717, 1.165) is 43.7 Å². The summed E-state index contributed by atoms with van der Waals surface area (Å²) in [6.45, 7) is 11.4. The Morgan fingerprint density at radius 3 is 1.90 bits per heavy atom. The summed E-state index contributed by atoms with van der Waals surface area (Å²) in [6, 6.07) is 0.966. The molecule has 0 aromatic rings. The normalized spacial score (nSPS) is 40.3. The molecule has 31 heavy (non-hydrogen) atoms. The molecule has 0 radical (unpaired) electrons. The van der Waals surface area contributed by atoms with Crippen LogP contribution in [0.15, 0.2) is 9.98 Å². The number of piperidine rings is 1. The quantitative estimate of drug-likeness (QED) is 0.312. The molecule has 0 spiro atoms. The van der Waals surface area contributed by atoms with Gasteiger partial charge in [-0.1, -0.05) is 33.6 Å². The van der Waals surface area contributed by atoms with Crippen LogP contribution in [0.1, 0.15) is 92.4 Å². The first-order valence-electron chi connectivity index (χ1n) is 12.1. The number of halogens is 3. The van der Waals surface area contributed by atoms with Crippen molar-refractivity contribution in [2.24, 2.45) is 27.7 Å². The van der Waals surface area contributed by atoms with E-state index in [2.05, 4.69) is 39.9 Å². The molecule has 0 bridgehead atoms. The minimum absolute atomic E-state index is 0.114. The second kappa shape index (κ2) is 13.9. The Kier molecular flexibility index (Phi) is 12.4. The van der Waals surface area contributed by atoms with Gasteiger partial charge in [-0.05, 0) is 76.5 Å². The van der Waals surface area contributed by atoms with Crippen molar-refractivity contribution in [2.45, 2.75) is 123 Å². The summed E-state index contributed by atoms with van der Waals surface area (Å²) in [5, 5.41) is 3.80. The molecular weight excluding hydrogens is 476 g/mol. The first-order valence-corrected chi connectivity index (χ1v) is 15.1. The van der Waals surface area contributed by atoms with E-state index in [-0.39, 0.29) is 25.2 Å². The third kappa shape index (κ3) is 8.56. The molecule has 3 nitrogen and oxygen atoms in total. The van der Waals surface area contributed by atoms with Crippen LogP contribution >= 0.6 is 20.2 Å². The molecule has 0 aromatic carbocycles. The molecule has 6 unspecified atom stereocenters. The van der Waals surface area contributed by atoms with Crippen LogP contribution in [0.25, 0.3) is 0 Å². The summed E-state index contributed by atoms with van der Waals surface area (Å²) in [6.07, 6.45) is 9.02. The predicted molar refractivity (Wildman–Crippen MR) is 130 cm³/mol. The maximum atomic E-state index is 14.2. The first kappa shape index (κ1) is 27.6. The Morgan fingerprint density at radius 2 is 1.35 bits per heavy atom. The van der Waals surface area contributed by atoms with Crippen LogP contribution in [0.5, 0.6) is 0 Å². The fraction of sp³-hybridized carbons (Fsp3) is 0.917. The van der Waals surface area contributed by atoms with Crippen molar-refractivity contribution >= 4 is 31.6 Å². The van der Waals surface area contributed by atoms with E-state index in [9.17, 15) is 4.39 Å². The van der Waals surface area contributed by atoms with E-state index in [0.29, 0.717) is 30.3 Å². The van der Waals surface area contributed by atoms with Crippen molar-refractivity contribution < 1.29 is 17.5 Å². The van der Waals surface area contributed by atoms with Crippen LogP contribution in [0.4, 0.5) is 4.39 Å². The van der Waals surface area contributed by atoms with Crippen molar-refractivity contribution in [2.75, 3.05) is 0 Å². The van der Waals surface area contributed by atoms with Gasteiger partial charge in [-0.2, -0.15) is 0 Å². The molecule has 1 N–H and O–H groups in total. The first-order chi connectivity index (χ1) is 14.8. The number of nitrogens with zero attached hydrogens (tertiary/aromatic N) is 2. The number of rotatable bonds is 4. The SMILES string of the molecule is CC(=NC1CCCCC1F)C1CCCC(C(C)=NC2C(C)CC(C)CC2C)N1.[Cl][Fe][Cl]. The zero-order valence-electron chi connectivity index (χ0n) is 19.9. The van der Waals surface area contributed by atoms with E-state index in [4.69, 9.17) is 30.2 Å². The van der Waals surface area contributed by atoms with Crippen LogP contribution in [-0.2, 0) is 13.1 Å². The van der Waals surface area contributed by atoms with Gasteiger partial charge >= 0.3 is 33.3 Å². The van der Waals surface area contributed by atoms with Crippen molar-refractivity contribution in [3.8, 4) is 0 Å². The fourth-order valence-corrected chi connectivity index (χ4v) is 5.94. The van der Waals surface area contributed by atoms with Gasteiger partial charge in [-0.25, -0.2) is 4.39 Å². The van der Waals surface area contributed by atoms with E-state index in [1.54, 1.807) is 0 Å². The van der Waals surface area contributed by atoms with Gasteiger partial charge in [0.1, 0.15) is 6.17 Å². The molecule has 2 aliphatic carbocycles. The molecule has 1 heterocycles. The number of hydrogen-bond donors (Lipinski definition) is 1. The van der Waals surface area contributed by atoms with Gasteiger partial charge in [0.2, 0.25) is 0 Å². The van der Waals surface area contributed by atoms with E-state index in [1.807, 2.05) is 0 Å². The Balaban J connectivity index is 0.00000107. The Morgan fingerprint density at radius 1 is 0.839 bits per heavy atom. The van der Waals surface area contributed by atoms with Crippen molar-refractivity contribution in [3.05, 3.63) is 0 Å². The molecule has 0 amide bonds. The molecule has 1 saturated heterocycles. The number of aliphatic imine (C=N–C) groups is 2. The van der Waals surface area contributed by atoms with E-state index >= 15 is 0 Å². The van der Waals surface area contributed by atoms with Crippen LogP contribution in [0.2, 0.25) is 0 Å². The summed E-state index contributed by atoms with van der Waals surface area (Å²) >= 11 is 0.194. The molecule has 2 saturated carbocycles. The van der Waals surface area contributed by atoms with Crippen LogP contribution in [-0.4, -0.2) is 41.8 Å². The second-order valence-corrected chi connectivity index (χ2v) is 12.0. The average molecular weight is 518 g/mol. The van der Waals surface area contributed by atoms with Crippen molar-refractivity contribution in [3.63, 3.8) is 0 Å². The zero-order valence-corrected chi connectivity index (χ0v) is 22.5. The van der Waals surface area contributed by atoms with Crippen LogP contribution in [0, 0.1) is 17.8 Å². The molecule has 0 aromatic heterocycles. The third-order valence-corrected chi connectivity index (χ3v) is 7.48. The molecule has 3 fully saturated rings. The molecule has 182 valence electrons. The zero-order chi connectivity index (χ0) is 23.0. The molecule has 6 atom stereocenters. The third-order valence-electron chi connectivity index (χ3n) is 7.48. The Hall–Kier alpha value is 0.329. The van der Waals surface area contributed by atoms with Gasteiger partial charge in [-0.3, -0.25) is 9.98 Å². The monoisotopic (exact) mass is 517 g/mol. The second-order valence-electron chi connectivity index (χ2n) is 10.2. The number of hydrogen-bond acceptors (Lipinski definition) is 3. The summed E-state index contributed by atoms with van der Waals surface area (Å²) < 4.78 is 14.2. The summed E-state index contributed by atoms with van der Waals surface area (Å²) in [4.78, 5) is 10.1. The van der Waals surface area contributed by atoms with Gasteiger partial charge < -0.3 is 5.32 Å². The van der Waals surface area contributed by atoms with Gasteiger partial charge in [0.05, 0.1) is 12.1 Å². The summed E-state index contributed by atoms with van der Waals surface area (Å²) in [7, 11) is 9.53. The molecule has 3 rings (SSSR count). The Bertz CT molecular complexity index is 591. The van der Waals surface area contributed by atoms with Gasteiger partial charge in [0.25, 0.3) is 0 Å². The molecule has 7 heteroatoms.